The van der Waals surface area contributed by atoms with Crippen molar-refractivity contribution >= 4 is 11.7 Å². The Morgan fingerprint density at radius 3 is 2.59 bits per heavy atom. The molecule has 0 aliphatic carbocycles. The Labute approximate surface area is 131 Å². The number of likely N-dealkylation sites (tertiary alicyclic amines) is 1. The van der Waals surface area contributed by atoms with Crippen LogP contribution in [0.5, 0.6) is 0 Å². The second-order valence-electron chi connectivity index (χ2n) is 6.76. The molecule has 120 valence electrons. The SMILES string of the molecule is CC(=O)N1CCC(c2cnc(NCC3(C)COC3)cn2)CC1. The molecule has 0 radical (unpaired) electrons. The Hall–Kier alpha value is -1.69. The van der Waals surface area contributed by atoms with Gasteiger partial charge in [0.15, 0.2) is 0 Å². The highest BCUT2D eigenvalue weighted by atomic mass is 16.5. The number of hydrogen-bond acceptors (Lipinski definition) is 5. The number of carbonyl (C=O) groups excluding carboxylic acids is 1. The molecule has 1 aromatic rings. The third-order valence-electron chi connectivity index (χ3n) is 4.63. The Morgan fingerprint density at radius 1 is 1.36 bits per heavy atom. The van der Waals surface area contributed by atoms with Crippen molar-refractivity contribution in [2.75, 3.05) is 38.2 Å². The Kier molecular flexibility index (Phi) is 4.29. The summed E-state index contributed by atoms with van der Waals surface area (Å²) in [4.78, 5) is 22.3. The normalized spacial score (nSPS) is 21.3. The fourth-order valence-corrected chi connectivity index (χ4v) is 2.99. The zero-order chi connectivity index (χ0) is 15.6. The predicted molar refractivity (Wildman–Crippen MR) is 83.7 cm³/mol. The number of hydrogen-bond donors (Lipinski definition) is 1. The molecular formula is C16H24N4O2. The van der Waals surface area contributed by atoms with E-state index >= 15 is 0 Å². The molecule has 3 heterocycles. The molecule has 2 saturated heterocycles. The lowest BCUT2D eigenvalue weighted by molar-refractivity contribution is -0.129. The van der Waals surface area contributed by atoms with Crippen molar-refractivity contribution < 1.29 is 9.53 Å². The highest BCUT2D eigenvalue weighted by Gasteiger charge is 2.33. The van der Waals surface area contributed by atoms with Crippen LogP contribution in [0.25, 0.3) is 0 Å². The summed E-state index contributed by atoms with van der Waals surface area (Å²) >= 11 is 0. The van der Waals surface area contributed by atoms with E-state index in [0.29, 0.717) is 5.92 Å². The molecule has 0 aromatic carbocycles. The maximum absolute atomic E-state index is 11.3. The number of amides is 1. The van der Waals surface area contributed by atoms with Crippen LogP contribution in [0.15, 0.2) is 12.4 Å². The Morgan fingerprint density at radius 2 is 2.09 bits per heavy atom. The van der Waals surface area contributed by atoms with Crippen LogP contribution >= 0.6 is 0 Å². The summed E-state index contributed by atoms with van der Waals surface area (Å²) in [6.45, 7) is 7.95. The molecule has 2 fully saturated rings. The van der Waals surface area contributed by atoms with E-state index in [-0.39, 0.29) is 11.3 Å². The fourth-order valence-electron chi connectivity index (χ4n) is 2.99. The molecule has 2 aliphatic heterocycles. The van der Waals surface area contributed by atoms with Gasteiger partial charge in [-0.2, -0.15) is 0 Å². The molecule has 22 heavy (non-hydrogen) atoms. The maximum Gasteiger partial charge on any atom is 0.219 e. The van der Waals surface area contributed by atoms with Gasteiger partial charge in [0, 0.05) is 37.9 Å². The third-order valence-corrected chi connectivity index (χ3v) is 4.63. The first-order valence-electron chi connectivity index (χ1n) is 7.95. The third kappa shape index (κ3) is 3.38. The number of nitrogens with one attached hydrogen (secondary N) is 1. The largest absolute Gasteiger partial charge is 0.380 e. The summed E-state index contributed by atoms with van der Waals surface area (Å²) in [7, 11) is 0. The minimum absolute atomic E-state index is 0.164. The lowest BCUT2D eigenvalue weighted by Crippen LogP contribution is -2.45. The van der Waals surface area contributed by atoms with Crippen molar-refractivity contribution in [3.8, 4) is 0 Å². The van der Waals surface area contributed by atoms with E-state index in [1.54, 1.807) is 6.92 Å². The lowest BCUT2D eigenvalue weighted by atomic mass is 9.89. The van der Waals surface area contributed by atoms with Gasteiger partial charge < -0.3 is 15.0 Å². The average molecular weight is 304 g/mol. The molecule has 1 N–H and O–H groups in total. The smallest absolute Gasteiger partial charge is 0.219 e. The molecule has 0 saturated carbocycles. The first kappa shape index (κ1) is 15.2. The van der Waals surface area contributed by atoms with E-state index in [0.717, 1.165) is 57.2 Å². The summed E-state index contributed by atoms with van der Waals surface area (Å²) in [6, 6.07) is 0. The van der Waals surface area contributed by atoms with Crippen LogP contribution in [0, 0.1) is 5.41 Å². The van der Waals surface area contributed by atoms with Gasteiger partial charge in [0.2, 0.25) is 5.91 Å². The first-order valence-corrected chi connectivity index (χ1v) is 7.95. The molecule has 6 nitrogen and oxygen atoms in total. The molecule has 0 unspecified atom stereocenters. The van der Waals surface area contributed by atoms with Gasteiger partial charge >= 0.3 is 0 Å². The number of piperidine rings is 1. The average Bonchev–Trinajstić information content (AvgIpc) is 2.52. The van der Waals surface area contributed by atoms with Gasteiger partial charge in [-0.3, -0.25) is 9.78 Å². The summed E-state index contributed by atoms with van der Waals surface area (Å²) in [5, 5.41) is 3.33. The van der Waals surface area contributed by atoms with Crippen molar-refractivity contribution in [3.63, 3.8) is 0 Å². The minimum atomic E-state index is 0.164. The fraction of sp³-hybridized carbons (Fsp3) is 0.688. The Bertz CT molecular complexity index is 519. The van der Waals surface area contributed by atoms with Crippen LogP contribution in [0.2, 0.25) is 0 Å². The topological polar surface area (TPSA) is 67.4 Å². The summed E-state index contributed by atoms with van der Waals surface area (Å²) < 4.78 is 5.25. The van der Waals surface area contributed by atoms with Crippen LogP contribution in [0.1, 0.15) is 38.3 Å². The number of ether oxygens (including phenoxy) is 1. The highest BCUT2D eigenvalue weighted by molar-refractivity contribution is 5.73. The van der Waals surface area contributed by atoms with Crippen LogP contribution < -0.4 is 5.32 Å². The molecule has 1 aromatic heterocycles. The minimum Gasteiger partial charge on any atom is -0.380 e. The van der Waals surface area contributed by atoms with Gasteiger partial charge in [0.25, 0.3) is 0 Å². The number of carbonyl (C=O) groups is 1. The Balaban J connectivity index is 1.52. The van der Waals surface area contributed by atoms with Gasteiger partial charge in [0.05, 0.1) is 31.3 Å². The zero-order valence-electron chi connectivity index (χ0n) is 13.3. The van der Waals surface area contributed by atoms with Crippen LogP contribution in [-0.4, -0.2) is 53.6 Å². The second-order valence-corrected chi connectivity index (χ2v) is 6.76. The van der Waals surface area contributed by atoms with Crippen molar-refractivity contribution in [1.82, 2.24) is 14.9 Å². The molecule has 3 rings (SSSR count). The maximum atomic E-state index is 11.3. The van der Waals surface area contributed by atoms with E-state index in [9.17, 15) is 4.79 Å². The zero-order valence-corrected chi connectivity index (χ0v) is 13.3. The second kappa shape index (κ2) is 6.20. The van der Waals surface area contributed by atoms with Gasteiger partial charge in [-0.15, -0.1) is 0 Å². The summed E-state index contributed by atoms with van der Waals surface area (Å²) in [5.41, 5.74) is 1.26. The van der Waals surface area contributed by atoms with Gasteiger partial charge in [-0.05, 0) is 12.8 Å². The standard InChI is InChI=1S/C16H24N4O2/c1-12(21)20-5-3-13(4-6-20)14-7-18-15(8-17-14)19-9-16(2)10-22-11-16/h7-8,13H,3-6,9-11H2,1-2H3,(H,18,19). The van der Waals surface area contributed by atoms with E-state index in [1.807, 2.05) is 17.3 Å². The first-order chi connectivity index (χ1) is 10.6. The quantitative estimate of drug-likeness (QED) is 0.916. The van der Waals surface area contributed by atoms with Crippen LogP contribution in [0.4, 0.5) is 5.82 Å². The predicted octanol–water partition coefficient (Wildman–Crippen LogP) is 1.65. The number of rotatable bonds is 4. The lowest BCUT2D eigenvalue weighted by Gasteiger charge is -2.38. The molecule has 0 atom stereocenters. The monoisotopic (exact) mass is 304 g/mol. The molecule has 6 heteroatoms. The summed E-state index contributed by atoms with van der Waals surface area (Å²) in [6.07, 6.45) is 5.62. The molecule has 1 amide bonds. The van der Waals surface area contributed by atoms with E-state index in [4.69, 9.17) is 4.74 Å². The van der Waals surface area contributed by atoms with E-state index < -0.39 is 0 Å². The molecule has 0 spiro atoms. The van der Waals surface area contributed by atoms with Crippen molar-refractivity contribution in [2.24, 2.45) is 5.41 Å². The van der Waals surface area contributed by atoms with Gasteiger partial charge in [-0.25, -0.2) is 4.98 Å². The molecule has 0 bridgehead atoms. The van der Waals surface area contributed by atoms with E-state index in [1.165, 1.54) is 0 Å². The van der Waals surface area contributed by atoms with Crippen molar-refractivity contribution in [3.05, 3.63) is 18.1 Å². The van der Waals surface area contributed by atoms with E-state index in [2.05, 4.69) is 22.2 Å². The van der Waals surface area contributed by atoms with Crippen LogP contribution in [-0.2, 0) is 9.53 Å². The number of aromatic nitrogens is 2. The van der Waals surface area contributed by atoms with Gasteiger partial charge in [0.1, 0.15) is 5.82 Å². The van der Waals surface area contributed by atoms with Crippen LogP contribution in [0.3, 0.4) is 0 Å². The molecular weight excluding hydrogens is 280 g/mol. The summed E-state index contributed by atoms with van der Waals surface area (Å²) in [5.74, 6) is 1.39. The molecule has 2 aliphatic rings. The van der Waals surface area contributed by atoms with Gasteiger partial charge in [-0.1, -0.05) is 6.92 Å². The van der Waals surface area contributed by atoms with Crippen molar-refractivity contribution in [1.29, 1.82) is 0 Å². The van der Waals surface area contributed by atoms with Crippen molar-refractivity contribution in [2.45, 2.75) is 32.6 Å². The highest BCUT2D eigenvalue weighted by Crippen LogP contribution is 2.28. The number of anilines is 1. The number of nitrogens with zero attached hydrogens (tertiary/aromatic N) is 3.